The third-order valence-corrected chi connectivity index (χ3v) is 7.36. The van der Waals surface area contributed by atoms with Gasteiger partial charge in [0.1, 0.15) is 0 Å². The molecule has 0 bridgehead atoms. The number of piperidine rings is 1. The third-order valence-electron chi connectivity index (χ3n) is 4.83. The van der Waals surface area contributed by atoms with E-state index in [-0.39, 0.29) is 29.3 Å². The van der Waals surface area contributed by atoms with Gasteiger partial charge in [-0.05, 0) is 50.8 Å². The predicted octanol–water partition coefficient (Wildman–Crippen LogP) is 3.35. The maximum atomic E-state index is 13.1. The maximum Gasteiger partial charge on any atom is 0.243 e. The van der Waals surface area contributed by atoms with E-state index in [1.165, 1.54) is 4.31 Å². The van der Waals surface area contributed by atoms with Crippen molar-refractivity contribution in [2.75, 3.05) is 13.1 Å². The van der Waals surface area contributed by atoms with Gasteiger partial charge < -0.3 is 5.32 Å². The lowest BCUT2D eigenvalue weighted by Gasteiger charge is -2.36. The molecule has 1 aromatic rings. The number of benzene rings is 1. The van der Waals surface area contributed by atoms with Gasteiger partial charge in [-0.25, -0.2) is 8.42 Å². The summed E-state index contributed by atoms with van der Waals surface area (Å²) in [5.74, 6) is -0.356. The van der Waals surface area contributed by atoms with Crippen molar-refractivity contribution < 1.29 is 13.2 Å². The van der Waals surface area contributed by atoms with E-state index in [0.29, 0.717) is 30.0 Å². The van der Waals surface area contributed by atoms with E-state index in [1.54, 1.807) is 25.1 Å². The Balaban J connectivity index is 2.21. The number of unbranched alkanes of at least 4 members (excludes halogenated alkanes) is 1. The normalized spacial score (nSPS) is 21.9. The molecule has 5 nitrogen and oxygen atoms in total. The average Bonchev–Trinajstić information content (AvgIpc) is 2.57. The summed E-state index contributed by atoms with van der Waals surface area (Å²) in [5, 5.41) is 3.35. The molecule has 140 valence electrons. The van der Waals surface area contributed by atoms with Gasteiger partial charge in [0.05, 0.1) is 10.8 Å². The number of rotatable bonds is 6. The average molecular weight is 387 g/mol. The fourth-order valence-electron chi connectivity index (χ4n) is 3.15. The van der Waals surface area contributed by atoms with E-state index in [2.05, 4.69) is 12.2 Å². The quantitative estimate of drug-likeness (QED) is 0.762. The SMILES string of the molecule is CCCCNC(=O)C1CCC(C)N(S(=O)(=O)c2cccc(Cl)c2C)C1. The summed E-state index contributed by atoms with van der Waals surface area (Å²) in [4.78, 5) is 12.6. The van der Waals surface area contributed by atoms with E-state index in [0.717, 1.165) is 12.8 Å². The largest absolute Gasteiger partial charge is 0.356 e. The molecule has 2 atom stereocenters. The van der Waals surface area contributed by atoms with E-state index < -0.39 is 10.0 Å². The van der Waals surface area contributed by atoms with Crippen molar-refractivity contribution in [1.82, 2.24) is 9.62 Å². The summed E-state index contributed by atoms with van der Waals surface area (Å²) in [5.41, 5.74) is 0.547. The van der Waals surface area contributed by atoms with Crippen molar-refractivity contribution in [2.45, 2.75) is 57.4 Å². The monoisotopic (exact) mass is 386 g/mol. The summed E-state index contributed by atoms with van der Waals surface area (Å²) in [6, 6.07) is 4.77. The number of carbonyl (C=O) groups is 1. The number of amides is 1. The predicted molar refractivity (Wildman–Crippen MR) is 100 cm³/mol. The van der Waals surface area contributed by atoms with Gasteiger partial charge in [-0.15, -0.1) is 0 Å². The lowest BCUT2D eigenvalue weighted by Crippen LogP contribution is -2.49. The van der Waals surface area contributed by atoms with Gasteiger partial charge in [0.15, 0.2) is 0 Å². The van der Waals surface area contributed by atoms with Crippen LogP contribution < -0.4 is 5.32 Å². The smallest absolute Gasteiger partial charge is 0.243 e. The van der Waals surface area contributed by atoms with E-state index in [9.17, 15) is 13.2 Å². The van der Waals surface area contributed by atoms with Crippen molar-refractivity contribution in [3.8, 4) is 0 Å². The fourth-order valence-corrected chi connectivity index (χ4v) is 5.34. The standard InChI is InChI=1S/C18H27ClN2O3S/c1-4-5-11-20-18(22)15-10-9-13(2)21(12-15)25(23,24)17-8-6-7-16(19)14(17)3/h6-8,13,15H,4-5,9-12H2,1-3H3,(H,20,22). The van der Waals surface area contributed by atoms with Crippen LogP contribution in [0.15, 0.2) is 23.1 Å². The van der Waals surface area contributed by atoms with Crippen LogP contribution in [0.1, 0.15) is 45.1 Å². The molecule has 1 heterocycles. The van der Waals surface area contributed by atoms with Crippen LogP contribution in [0.2, 0.25) is 5.02 Å². The van der Waals surface area contributed by atoms with Crippen molar-refractivity contribution in [2.24, 2.45) is 5.92 Å². The molecule has 2 unspecified atom stereocenters. The molecule has 0 radical (unpaired) electrons. The third kappa shape index (κ3) is 4.54. The highest BCUT2D eigenvalue weighted by Gasteiger charge is 2.38. The Labute approximate surface area is 155 Å². The number of hydrogen-bond donors (Lipinski definition) is 1. The molecule has 25 heavy (non-hydrogen) atoms. The van der Waals surface area contributed by atoms with Gasteiger partial charge in [-0.2, -0.15) is 4.31 Å². The molecule has 1 aromatic carbocycles. The molecule has 0 spiro atoms. The van der Waals surface area contributed by atoms with Gasteiger partial charge in [0.25, 0.3) is 0 Å². The minimum absolute atomic E-state index is 0.0524. The number of hydrogen-bond acceptors (Lipinski definition) is 3. The minimum atomic E-state index is -3.69. The number of nitrogens with zero attached hydrogens (tertiary/aromatic N) is 1. The van der Waals surface area contributed by atoms with Crippen LogP contribution in [0.5, 0.6) is 0 Å². The molecule has 0 saturated carbocycles. The number of carbonyl (C=O) groups excluding carboxylic acids is 1. The summed E-state index contributed by atoms with van der Waals surface area (Å²) in [6.07, 6.45) is 3.32. The molecule has 2 rings (SSSR count). The lowest BCUT2D eigenvalue weighted by atomic mass is 9.94. The minimum Gasteiger partial charge on any atom is -0.356 e. The molecule has 0 aromatic heterocycles. The van der Waals surface area contributed by atoms with Crippen molar-refractivity contribution >= 4 is 27.5 Å². The van der Waals surface area contributed by atoms with Crippen molar-refractivity contribution in [3.05, 3.63) is 28.8 Å². The van der Waals surface area contributed by atoms with Crippen molar-refractivity contribution in [1.29, 1.82) is 0 Å². The molecular weight excluding hydrogens is 360 g/mol. The molecule has 1 saturated heterocycles. The second-order valence-corrected chi connectivity index (χ2v) is 8.97. The van der Waals surface area contributed by atoms with Crippen LogP contribution in [-0.2, 0) is 14.8 Å². The number of halogens is 1. The Kier molecular flexibility index (Phi) is 6.88. The second kappa shape index (κ2) is 8.52. The second-order valence-electron chi connectivity index (χ2n) is 6.71. The summed E-state index contributed by atoms with van der Waals surface area (Å²) >= 11 is 6.10. The number of sulfonamides is 1. The van der Waals surface area contributed by atoms with Gasteiger partial charge in [-0.1, -0.05) is 31.0 Å². The highest BCUT2D eigenvalue weighted by Crippen LogP contribution is 2.31. The molecule has 7 heteroatoms. The van der Waals surface area contributed by atoms with Crippen molar-refractivity contribution in [3.63, 3.8) is 0 Å². The summed E-state index contributed by atoms with van der Waals surface area (Å²) in [6.45, 7) is 6.52. The zero-order valence-corrected chi connectivity index (χ0v) is 16.7. The Morgan fingerprint density at radius 3 is 2.76 bits per heavy atom. The van der Waals surface area contributed by atoms with Crippen LogP contribution in [0.4, 0.5) is 0 Å². The van der Waals surface area contributed by atoms with Gasteiger partial charge in [-0.3, -0.25) is 4.79 Å². The lowest BCUT2D eigenvalue weighted by molar-refractivity contribution is -0.126. The van der Waals surface area contributed by atoms with Crippen LogP contribution in [0.3, 0.4) is 0 Å². The van der Waals surface area contributed by atoms with Crippen LogP contribution in [-0.4, -0.2) is 37.8 Å². The van der Waals surface area contributed by atoms with E-state index in [4.69, 9.17) is 11.6 Å². The number of nitrogens with one attached hydrogen (secondary N) is 1. The zero-order chi connectivity index (χ0) is 18.6. The van der Waals surface area contributed by atoms with Gasteiger partial charge in [0, 0.05) is 24.2 Å². The molecular formula is C18H27ClN2O3S. The van der Waals surface area contributed by atoms with E-state index in [1.807, 2.05) is 6.92 Å². The first-order valence-electron chi connectivity index (χ1n) is 8.83. The summed E-state index contributed by atoms with van der Waals surface area (Å²) < 4.78 is 27.7. The molecule has 1 fully saturated rings. The first-order valence-corrected chi connectivity index (χ1v) is 10.7. The Bertz CT molecular complexity index is 721. The fraction of sp³-hybridized carbons (Fsp3) is 0.611. The van der Waals surface area contributed by atoms with Crippen LogP contribution in [0, 0.1) is 12.8 Å². The van der Waals surface area contributed by atoms with E-state index >= 15 is 0 Å². The van der Waals surface area contributed by atoms with Crippen LogP contribution >= 0.6 is 11.6 Å². The van der Waals surface area contributed by atoms with Gasteiger partial charge in [0.2, 0.25) is 15.9 Å². The molecule has 1 aliphatic heterocycles. The Hall–Kier alpha value is -1.11. The van der Waals surface area contributed by atoms with Crippen LogP contribution in [0.25, 0.3) is 0 Å². The molecule has 1 amide bonds. The Morgan fingerprint density at radius 2 is 2.08 bits per heavy atom. The molecule has 1 aliphatic rings. The first-order chi connectivity index (χ1) is 11.8. The molecule has 1 N–H and O–H groups in total. The van der Waals surface area contributed by atoms with Gasteiger partial charge >= 0.3 is 0 Å². The topological polar surface area (TPSA) is 66.5 Å². The maximum absolute atomic E-state index is 13.1. The summed E-state index contributed by atoms with van der Waals surface area (Å²) in [7, 11) is -3.69. The highest BCUT2D eigenvalue weighted by atomic mass is 35.5. The molecule has 0 aliphatic carbocycles. The highest BCUT2D eigenvalue weighted by molar-refractivity contribution is 7.89. The Morgan fingerprint density at radius 1 is 1.36 bits per heavy atom. The zero-order valence-electron chi connectivity index (χ0n) is 15.1. The first kappa shape index (κ1) is 20.2.